The van der Waals surface area contributed by atoms with Crippen LogP contribution < -0.4 is 9.80 Å². The van der Waals surface area contributed by atoms with Crippen molar-refractivity contribution < 1.29 is 49.7 Å². The number of phenolic OH excluding ortho intramolecular Hbond substituents is 1. The second kappa shape index (κ2) is 6.72. The van der Waals surface area contributed by atoms with Crippen LogP contribution >= 0.6 is 0 Å². The fourth-order valence-corrected chi connectivity index (χ4v) is 2.54. The molecule has 11 heteroatoms. The Labute approximate surface area is 140 Å². The van der Waals surface area contributed by atoms with Crippen molar-refractivity contribution in [2.75, 3.05) is 11.7 Å². The van der Waals surface area contributed by atoms with Crippen LogP contribution in [0.25, 0.3) is 0 Å². The zero-order valence-electron chi connectivity index (χ0n) is 12.7. The van der Waals surface area contributed by atoms with Gasteiger partial charge in [0.15, 0.2) is 12.0 Å². The number of rotatable bonds is 3. The molecule has 2 aliphatic rings. The Bertz CT molecular complexity index is 652. The molecule has 1 aromatic rings. The summed E-state index contributed by atoms with van der Waals surface area (Å²) in [5.74, 6) is -1.31. The van der Waals surface area contributed by atoms with Crippen LogP contribution in [0.1, 0.15) is 0 Å². The summed E-state index contributed by atoms with van der Waals surface area (Å²) in [6, 6.07) is 3.61. The molecular weight excluding hydrogens is 342 g/mol. The maximum absolute atomic E-state index is 12.1. The number of carbonyl (C=O) groups is 1. The van der Waals surface area contributed by atoms with Gasteiger partial charge in [-0.05, 0) is 12.1 Å². The second-order valence-electron chi connectivity index (χ2n) is 5.59. The summed E-state index contributed by atoms with van der Waals surface area (Å²) < 4.78 is 15.5. The number of carbonyl (C=O) groups excluding carboxylic acids is 1. The highest BCUT2D eigenvalue weighted by molar-refractivity contribution is 5.97. The summed E-state index contributed by atoms with van der Waals surface area (Å²) in [4.78, 5) is 12.1. The summed E-state index contributed by atoms with van der Waals surface area (Å²) in [5.41, 5.74) is -0.0311. The number of hydrogen-bond acceptors (Lipinski definition) is 10. The van der Waals surface area contributed by atoms with Crippen LogP contribution in [0.5, 0.6) is 11.5 Å². The third kappa shape index (κ3) is 3.14. The van der Waals surface area contributed by atoms with Gasteiger partial charge in [-0.25, -0.2) is 0 Å². The molecule has 1 amide bonds. The Kier molecular flexibility index (Phi) is 4.79. The molecule has 25 heavy (non-hydrogen) atoms. The van der Waals surface area contributed by atoms with Crippen LogP contribution in [0.4, 0.5) is 5.69 Å². The predicted octanol–water partition coefficient (Wildman–Crippen LogP) is -2.35. The summed E-state index contributed by atoms with van der Waals surface area (Å²) in [6.07, 6.45) is -9.65. The molecule has 0 unspecified atom stereocenters. The first-order valence-corrected chi connectivity index (χ1v) is 7.32. The minimum Gasteiger partial charge on any atom is -0.508 e. The van der Waals surface area contributed by atoms with Crippen molar-refractivity contribution in [2.45, 2.75) is 37.0 Å². The summed E-state index contributed by atoms with van der Waals surface area (Å²) in [5, 5.41) is 58.1. The molecule has 11 nitrogen and oxygen atoms in total. The highest BCUT2D eigenvalue weighted by Gasteiger charge is 2.47. The van der Waals surface area contributed by atoms with E-state index in [9.17, 15) is 30.4 Å². The van der Waals surface area contributed by atoms with Crippen molar-refractivity contribution in [2.24, 2.45) is 0 Å². The van der Waals surface area contributed by atoms with Gasteiger partial charge in [-0.3, -0.25) is 10.0 Å². The van der Waals surface area contributed by atoms with Crippen LogP contribution in [0, 0.1) is 0 Å². The Morgan fingerprint density at radius 3 is 2.56 bits per heavy atom. The molecule has 2 heterocycles. The molecule has 0 aliphatic carbocycles. The lowest BCUT2D eigenvalue weighted by Gasteiger charge is -2.41. The number of amides is 1. The number of ether oxygens (including phenoxy) is 3. The zero-order chi connectivity index (χ0) is 18.3. The second-order valence-corrected chi connectivity index (χ2v) is 5.59. The van der Waals surface area contributed by atoms with E-state index in [0.717, 1.165) is 6.07 Å². The maximum Gasteiger partial charge on any atom is 0.320 e. The van der Waals surface area contributed by atoms with Gasteiger partial charge in [-0.15, -0.1) is 0 Å². The number of hydroxylamine groups is 1. The Morgan fingerprint density at radius 2 is 1.88 bits per heavy atom. The van der Waals surface area contributed by atoms with Gasteiger partial charge in [-0.1, -0.05) is 0 Å². The molecule has 0 spiro atoms. The van der Waals surface area contributed by atoms with E-state index in [1.807, 2.05) is 0 Å². The molecule has 0 saturated carbocycles. The van der Waals surface area contributed by atoms with Crippen molar-refractivity contribution in [1.82, 2.24) is 0 Å². The van der Waals surface area contributed by atoms with E-state index in [1.54, 1.807) is 0 Å². The topological polar surface area (TPSA) is 169 Å². The lowest BCUT2D eigenvalue weighted by atomic mass is 9.99. The third-order valence-electron chi connectivity index (χ3n) is 3.92. The van der Waals surface area contributed by atoms with Gasteiger partial charge < -0.3 is 39.7 Å². The van der Waals surface area contributed by atoms with Gasteiger partial charge in [-0.2, -0.15) is 5.06 Å². The first-order valence-electron chi connectivity index (χ1n) is 7.32. The molecule has 0 radical (unpaired) electrons. The number of benzene rings is 1. The number of hydrogen-bond donors (Lipinski definition) is 6. The predicted molar refractivity (Wildman–Crippen MR) is 76.6 cm³/mol. The van der Waals surface area contributed by atoms with E-state index in [-0.39, 0.29) is 22.2 Å². The monoisotopic (exact) mass is 359 g/mol. The highest BCUT2D eigenvalue weighted by Crippen LogP contribution is 2.36. The Morgan fingerprint density at radius 1 is 1.16 bits per heavy atom. The normalized spacial score (nSPS) is 35.2. The molecule has 0 aromatic heterocycles. The number of nitrogens with zero attached hydrogens (tertiary/aromatic N) is 1. The average molecular weight is 359 g/mol. The van der Waals surface area contributed by atoms with Gasteiger partial charge >= 0.3 is 5.91 Å². The number of fused-ring (bicyclic) bond motifs is 1. The highest BCUT2D eigenvalue weighted by atomic mass is 16.8. The van der Waals surface area contributed by atoms with Gasteiger partial charge in [0.2, 0.25) is 0 Å². The van der Waals surface area contributed by atoms with Crippen molar-refractivity contribution >= 4 is 11.6 Å². The Balaban J connectivity index is 1.79. The van der Waals surface area contributed by atoms with Crippen molar-refractivity contribution in [3.05, 3.63) is 18.2 Å². The minimum atomic E-state index is -1.76. The molecule has 6 atom stereocenters. The molecule has 3 rings (SSSR count). The van der Waals surface area contributed by atoms with Crippen LogP contribution in [-0.2, 0) is 14.3 Å². The third-order valence-corrected chi connectivity index (χ3v) is 3.92. The molecule has 2 aliphatic heterocycles. The van der Waals surface area contributed by atoms with Crippen molar-refractivity contribution in [1.29, 1.82) is 0 Å². The first-order chi connectivity index (χ1) is 11.8. The molecule has 0 bridgehead atoms. The number of aromatic hydroxyl groups is 1. The SMILES string of the molecule is O=C1[C@@H](O[C@@H]2O[C@H](CO)[C@@H](O)[C@H](O)[C@H]2O)Oc2cc(O)ccc2N1O. The van der Waals surface area contributed by atoms with Gasteiger partial charge in [0.1, 0.15) is 35.9 Å². The van der Waals surface area contributed by atoms with E-state index < -0.39 is 49.5 Å². The standard InChI is InChI=1S/C14H17NO10/c16-4-8-9(18)10(19)11(20)13(24-8)25-14-12(21)15(22)6-2-1-5(17)3-7(6)23-14/h1-3,8-11,13-14,16-20,22H,4H2/t8-,9-,10+,11-,13+,14-/m1/s1. The summed E-state index contributed by atoms with van der Waals surface area (Å²) in [7, 11) is 0. The first kappa shape index (κ1) is 17.8. The number of anilines is 1. The molecule has 138 valence electrons. The largest absolute Gasteiger partial charge is 0.508 e. The van der Waals surface area contributed by atoms with Crippen molar-refractivity contribution in [3.63, 3.8) is 0 Å². The van der Waals surface area contributed by atoms with Crippen molar-refractivity contribution in [3.8, 4) is 11.5 Å². The van der Waals surface area contributed by atoms with Crippen LogP contribution in [0.3, 0.4) is 0 Å². The van der Waals surface area contributed by atoms with Crippen LogP contribution in [0.15, 0.2) is 18.2 Å². The van der Waals surface area contributed by atoms with E-state index >= 15 is 0 Å². The number of phenols is 1. The molecule has 6 N–H and O–H groups in total. The van der Waals surface area contributed by atoms with Gasteiger partial charge in [0.05, 0.1) is 6.61 Å². The Hall–Kier alpha value is -1.99. The van der Waals surface area contributed by atoms with E-state index in [4.69, 9.17) is 19.3 Å². The van der Waals surface area contributed by atoms with E-state index in [1.165, 1.54) is 12.1 Å². The zero-order valence-corrected chi connectivity index (χ0v) is 12.7. The fraction of sp³-hybridized carbons (Fsp3) is 0.500. The minimum absolute atomic E-state index is 0.0311. The molecule has 1 aromatic carbocycles. The quantitative estimate of drug-likeness (QED) is 0.321. The number of aliphatic hydroxyl groups excluding tert-OH is 4. The van der Waals surface area contributed by atoms with Gasteiger partial charge in [0.25, 0.3) is 6.29 Å². The smallest absolute Gasteiger partial charge is 0.320 e. The summed E-state index contributed by atoms with van der Waals surface area (Å²) >= 11 is 0. The molecule has 1 saturated heterocycles. The number of aliphatic hydroxyl groups is 4. The summed E-state index contributed by atoms with van der Waals surface area (Å²) in [6.45, 7) is -0.674. The maximum atomic E-state index is 12.1. The lowest BCUT2D eigenvalue weighted by molar-refractivity contribution is -0.323. The molecule has 1 fully saturated rings. The van der Waals surface area contributed by atoms with Gasteiger partial charge in [0, 0.05) is 6.07 Å². The lowest BCUT2D eigenvalue weighted by Crippen LogP contribution is -2.61. The fourth-order valence-electron chi connectivity index (χ4n) is 2.54. The van der Waals surface area contributed by atoms with E-state index in [2.05, 4.69) is 0 Å². The van der Waals surface area contributed by atoms with Crippen LogP contribution in [-0.4, -0.2) is 80.2 Å². The van der Waals surface area contributed by atoms with E-state index in [0.29, 0.717) is 0 Å². The average Bonchev–Trinajstić information content (AvgIpc) is 2.59. The molecular formula is C14H17NO10. The van der Waals surface area contributed by atoms with Crippen LogP contribution in [0.2, 0.25) is 0 Å².